The average Bonchev–Trinajstić information content (AvgIpc) is 2.89. The fourth-order valence-electron chi connectivity index (χ4n) is 2.31. The van der Waals surface area contributed by atoms with Gasteiger partial charge in [-0.15, -0.1) is 17.6 Å². The fraction of sp³-hybridized carbons (Fsp3) is 0.143. The lowest BCUT2D eigenvalue weighted by molar-refractivity contribution is -0.287. The maximum absolute atomic E-state index is 13.2. The summed E-state index contributed by atoms with van der Waals surface area (Å²) in [6.07, 6.45) is -7.51. The van der Waals surface area contributed by atoms with Gasteiger partial charge in [0.05, 0.1) is 0 Å². The minimum atomic E-state index is -3.76. The first-order valence-electron chi connectivity index (χ1n) is 6.12. The van der Waals surface area contributed by atoms with E-state index in [1.807, 2.05) is 0 Å². The minimum absolute atomic E-state index is 0.134. The molecule has 8 heteroatoms. The van der Waals surface area contributed by atoms with Crippen LogP contribution in [0.15, 0.2) is 36.4 Å². The summed E-state index contributed by atoms with van der Waals surface area (Å²) >= 11 is 0. The van der Waals surface area contributed by atoms with Gasteiger partial charge in [-0.05, 0) is 23.8 Å². The third-order valence-corrected chi connectivity index (χ3v) is 3.14. The summed E-state index contributed by atoms with van der Waals surface area (Å²) in [4.78, 5) is 0. The van der Waals surface area contributed by atoms with E-state index in [9.17, 15) is 17.6 Å². The summed E-state index contributed by atoms with van der Waals surface area (Å²) in [6, 6.07) is 8.25. The summed E-state index contributed by atoms with van der Waals surface area (Å²) in [7, 11) is 0. The second-order valence-electron chi connectivity index (χ2n) is 4.63. The third-order valence-electron chi connectivity index (χ3n) is 3.14. The zero-order valence-corrected chi connectivity index (χ0v) is 10.6. The molecular weight excluding hydrogens is 308 g/mol. The second kappa shape index (κ2) is 3.96. The Bertz CT molecular complexity index is 775. The maximum atomic E-state index is 13.2. The van der Waals surface area contributed by atoms with E-state index in [1.54, 1.807) is 0 Å². The van der Waals surface area contributed by atoms with Gasteiger partial charge in [0.25, 0.3) is 0 Å². The monoisotopic (exact) mass is 314 g/mol. The van der Waals surface area contributed by atoms with Crippen molar-refractivity contribution in [2.45, 2.75) is 12.6 Å². The number of para-hydroxylation sites is 1. The Labute approximate surface area is 120 Å². The Morgan fingerprint density at radius 2 is 1.36 bits per heavy atom. The topological polar surface area (TPSA) is 36.9 Å². The highest BCUT2D eigenvalue weighted by Gasteiger charge is 2.45. The van der Waals surface area contributed by atoms with E-state index in [1.165, 1.54) is 36.4 Å². The van der Waals surface area contributed by atoms with Crippen LogP contribution in [-0.4, -0.2) is 12.6 Å². The molecule has 2 heterocycles. The van der Waals surface area contributed by atoms with E-state index in [2.05, 4.69) is 18.9 Å². The molecule has 0 bridgehead atoms. The molecule has 2 aromatic carbocycles. The summed E-state index contributed by atoms with van der Waals surface area (Å²) in [6.45, 7) is 0. The number of alkyl halides is 4. The molecule has 22 heavy (non-hydrogen) atoms. The maximum Gasteiger partial charge on any atom is 0.586 e. The third kappa shape index (κ3) is 1.99. The summed E-state index contributed by atoms with van der Waals surface area (Å²) in [5.41, 5.74) is 0.606. The van der Waals surface area contributed by atoms with E-state index in [0.29, 0.717) is 5.56 Å². The molecule has 0 unspecified atom stereocenters. The second-order valence-corrected chi connectivity index (χ2v) is 4.63. The highest BCUT2D eigenvalue weighted by molar-refractivity contribution is 5.76. The predicted octanol–water partition coefficient (Wildman–Crippen LogP) is 4.00. The number of benzene rings is 2. The van der Waals surface area contributed by atoms with Gasteiger partial charge in [0.15, 0.2) is 23.0 Å². The first kappa shape index (κ1) is 13.1. The summed E-state index contributed by atoms with van der Waals surface area (Å²) in [5, 5.41) is 0. The zero-order valence-electron chi connectivity index (χ0n) is 10.6. The van der Waals surface area contributed by atoms with Crippen molar-refractivity contribution in [2.24, 2.45) is 0 Å². The van der Waals surface area contributed by atoms with Crippen molar-refractivity contribution < 1.29 is 36.5 Å². The van der Waals surface area contributed by atoms with E-state index in [0.717, 1.165) is 0 Å². The van der Waals surface area contributed by atoms with E-state index in [-0.39, 0.29) is 28.6 Å². The van der Waals surface area contributed by atoms with Crippen LogP contribution in [0.1, 0.15) is 0 Å². The van der Waals surface area contributed by atoms with Gasteiger partial charge in [0.1, 0.15) is 0 Å². The summed E-state index contributed by atoms with van der Waals surface area (Å²) in [5.74, 6) is -0.627. The normalized spacial score (nSPS) is 19.3. The molecule has 0 saturated heterocycles. The average molecular weight is 314 g/mol. The van der Waals surface area contributed by atoms with E-state index < -0.39 is 12.6 Å². The molecule has 0 spiro atoms. The Hall–Kier alpha value is -2.64. The molecule has 0 atom stereocenters. The van der Waals surface area contributed by atoms with Crippen molar-refractivity contribution in [1.82, 2.24) is 0 Å². The van der Waals surface area contributed by atoms with Crippen molar-refractivity contribution in [3.8, 4) is 34.1 Å². The SMILES string of the molecule is FC1(F)Oc2ccc(-c3cccc4c3OC(F)(F)O4)cc2O1. The van der Waals surface area contributed by atoms with Gasteiger partial charge in [-0.3, -0.25) is 0 Å². The molecule has 4 rings (SSSR count). The van der Waals surface area contributed by atoms with Crippen LogP contribution in [0.2, 0.25) is 0 Å². The van der Waals surface area contributed by atoms with E-state index in [4.69, 9.17) is 0 Å². The number of halogens is 4. The van der Waals surface area contributed by atoms with Gasteiger partial charge in [-0.25, -0.2) is 0 Å². The van der Waals surface area contributed by atoms with Crippen LogP contribution in [0.5, 0.6) is 23.0 Å². The molecular formula is C14H6F4O4. The molecule has 0 saturated carbocycles. The molecule has 0 amide bonds. The minimum Gasteiger partial charge on any atom is -0.395 e. The van der Waals surface area contributed by atoms with Crippen LogP contribution in [0.25, 0.3) is 11.1 Å². The van der Waals surface area contributed by atoms with Gasteiger partial charge in [0, 0.05) is 5.56 Å². The molecule has 0 fully saturated rings. The molecule has 0 radical (unpaired) electrons. The highest BCUT2D eigenvalue weighted by Crippen LogP contribution is 2.49. The fourth-order valence-corrected chi connectivity index (χ4v) is 2.31. The first-order valence-corrected chi connectivity index (χ1v) is 6.12. The first-order chi connectivity index (χ1) is 10.3. The van der Waals surface area contributed by atoms with Gasteiger partial charge in [0.2, 0.25) is 0 Å². The quantitative estimate of drug-likeness (QED) is 0.746. The van der Waals surface area contributed by atoms with Crippen molar-refractivity contribution in [2.75, 3.05) is 0 Å². The molecule has 2 aliphatic heterocycles. The lowest BCUT2D eigenvalue weighted by Crippen LogP contribution is -2.26. The molecule has 114 valence electrons. The van der Waals surface area contributed by atoms with Crippen molar-refractivity contribution in [3.63, 3.8) is 0 Å². The van der Waals surface area contributed by atoms with Crippen LogP contribution in [0.4, 0.5) is 17.6 Å². The summed E-state index contributed by atoms with van der Waals surface area (Å²) < 4.78 is 69.8. The van der Waals surface area contributed by atoms with Crippen LogP contribution in [0.3, 0.4) is 0 Å². The molecule has 0 N–H and O–H groups in total. The lowest BCUT2D eigenvalue weighted by atomic mass is 10.0. The Morgan fingerprint density at radius 1 is 0.682 bits per heavy atom. The Balaban J connectivity index is 1.78. The molecule has 0 aromatic heterocycles. The Morgan fingerprint density at radius 3 is 2.18 bits per heavy atom. The van der Waals surface area contributed by atoms with Crippen molar-refractivity contribution in [3.05, 3.63) is 36.4 Å². The van der Waals surface area contributed by atoms with Crippen LogP contribution in [0, 0.1) is 0 Å². The largest absolute Gasteiger partial charge is 0.586 e. The van der Waals surface area contributed by atoms with Crippen LogP contribution >= 0.6 is 0 Å². The van der Waals surface area contributed by atoms with Crippen LogP contribution < -0.4 is 18.9 Å². The van der Waals surface area contributed by atoms with Gasteiger partial charge < -0.3 is 18.9 Å². The number of hydrogen-bond acceptors (Lipinski definition) is 4. The smallest absolute Gasteiger partial charge is 0.395 e. The molecule has 0 aliphatic carbocycles. The number of ether oxygens (including phenoxy) is 4. The van der Waals surface area contributed by atoms with Gasteiger partial charge in [-0.2, -0.15) is 0 Å². The standard InChI is InChI=1S/C14H6F4O4/c15-13(16)19-9-5-4-7(6-11(9)21-13)8-2-1-3-10-12(8)22-14(17,18)20-10/h1-6H. The Kier molecular flexibility index (Phi) is 2.35. The number of fused-ring (bicyclic) bond motifs is 2. The zero-order chi connectivity index (χ0) is 15.5. The van der Waals surface area contributed by atoms with Crippen molar-refractivity contribution in [1.29, 1.82) is 0 Å². The van der Waals surface area contributed by atoms with Gasteiger partial charge >= 0.3 is 12.6 Å². The van der Waals surface area contributed by atoms with Crippen LogP contribution in [-0.2, 0) is 0 Å². The highest BCUT2D eigenvalue weighted by atomic mass is 19.3. The number of hydrogen-bond donors (Lipinski definition) is 0. The molecule has 2 aromatic rings. The number of rotatable bonds is 1. The van der Waals surface area contributed by atoms with Crippen molar-refractivity contribution >= 4 is 0 Å². The molecule has 2 aliphatic rings. The molecule has 4 nitrogen and oxygen atoms in total. The van der Waals surface area contributed by atoms with Gasteiger partial charge in [-0.1, -0.05) is 18.2 Å². The predicted molar refractivity (Wildman–Crippen MR) is 64.3 cm³/mol. The van der Waals surface area contributed by atoms with E-state index >= 15 is 0 Å². The lowest BCUT2D eigenvalue weighted by Gasteiger charge is -2.07.